The van der Waals surface area contributed by atoms with Crippen molar-refractivity contribution in [3.05, 3.63) is 12.2 Å². The predicted molar refractivity (Wildman–Crippen MR) is 158 cm³/mol. The molecule has 11 atom stereocenters. The summed E-state index contributed by atoms with van der Waals surface area (Å²) in [5.74, 6) is 1.76. The Morgan fingerprint density at radius 1 is 0.780 bits per heavy atom. The number of hydrogen-bond donors (Lipinski definition) is 1. The van der Waals surface area contributed by atoms with Crippen molar-refractivity contribution in [1.29, 1.82) is 0 Å². The number of ether oxygens (including phenoxy) is 2. The van der Waals surface area contributed by atoms with Crippen LogP contribution < -0.4 is 0 Å². The number of carbonyl (C=O) groups excluding carboxylic acids is 2. The van der Waals surface area contributed by atoms with Crippen LogP contribution in [0.3, 0.4) is 0 Å². The molecule has 41 heavy (non-hydrogen) atoms. The van der Waals surface area contributed by atoms with Gasteiger partial charge in [-0.2, -0.15) is 0 Å². The number of aliphatic carboxylic acids is 1. The van der Waals surface area contributed by atoms with Gasteiger partial charge in [-0.1, -0.05) is 38.8 Å². The maximum Gasteiger partial charge on any atom is 0.309 e. The first kappa shape index (κ1) is 30.6. The van der Waals surface area contributed by atoms with E-state index in [0.29, 0.717) is 42.1 Å². The SMILES string of the molecule is C=C(C)C1CC[C@]2(C(=O)O)CC[C@]3(C)C(CCC4[C@@H]5CCCC[C@H](OC(C)=O)[C@@](C)(COC(C)=O)C5CCC[C@@H]43)C12. The van der Waals surface area contributed by atoms with E-state index in [2.05, 4.69) is 27.4 Å². The van der Waals surface area contributed by atoms with Gasteiger partial charge in [0.25, 0.3) is 0 Å². The largest absolute Gasteiger partial charge is 0.481 e. The van der Waals surface area contributed by atoms with Crippen LogP contribution in [0, 0.1) is 57.7 Å². The standard InChI is InChI=1S/C35H54O6/c1-21(2)24-16-17-35(32(38)39)19-18-33(5)27-11-9-12-28-25(26(27)14-15-29(33)31(24)35)10-7-8-13-30(41-23(4)37)34(28,6)20-40-22(3)36/h24-31H,1,7-20H2,2-6H3,(H,38,39)/t24?,25-,26?,27-,28?,29?,30-,31?,33-,34-,35-/m0/s1. The highest BCUT2D eigenvalue weighted by molar-refractivity contribution is 5.76. The Bertz CT molecular complexity index is 1050. The number of esters is 2. The van der Waals surface area contributed by atoms with Gasteiger partial charge < -0.3 is 14.6 Å². The van der Waals surface area contributed by atoms with E-state index in [1.807, 2.05) is 0 Å². The second-order valence-corrected chi connectivity index (χ2v) is 15.3. The van der Waals surface area contributed by atoms with Crippen molar-refractivity contribution in [1.82, 2.24) is 0 Å². The predicted octanol–water partition coefficient (Wildman–Crippen LogP) is 7.59. The normalized spacial score (nSPS) is 45.8. The molecule has 0 aromatic carbocycles. The fourth-order valence-corrected chi connectivity index (χ4v) is 11.6. The average Bonchev–Trinajstić information content (AvgIpc) is 3.20. The summed E-state index contributed by atoms with van der Waals surface area (Å²) in [5, 5.41) is 10.6. The molecule has 230 valence electrons. The van der Waals surface area contributed by atoms with Crippen molar-refractivity contribution in [3.8, 4) is 0 Å². The summed E-state index contributed by atoms with van der Waals surface area (Å²) in [7, 11) is 0. The summed E-state index contributed by atoms with van der Waals surface area (Å²) in [6.07, 6.45) is 13.0. The van der Waals surface area contributed by atoms with Crippen LogP contribution in [0.5, 0.6) is 0 Å². The van der Waals surface area contributed by atoms with Crippen LogP contribution in [0.4, 0.5) is 0 Å². The van der Waals surface area contributed by atoms with E-state index in [1.54, 1.807) is 0 Å². The first-order valence-electron chi connectivity index (χ1n) is 16.5. The van der Waals surface area contributed by atoms with E-state index >= 15 is 0 Å². The lowest BCUT2D eigenvalue weighted by molar-refractivity contribution is -0.178. The van der Waals surface area contributed by atoms with Crippen molar-refractivity contribution >= 4 is 17.9 Å². The van der Waals surface area contributed by atoms with Gasteiger partial charge in [-0.15, -0.1) is 0 Å². The molecule has 1 N–H and O–H groups in total. The first-order chi connectivity index (χ1) is 19.3. The second-order valence-electron chi connectivity index (χ2n) is 15.3. The van der Waals surface area contributed by atoms with Crippen LogP contribution in [0.15, 0.2) is 12.2 Å². The number of carboxylic acid groups (broad SMARTS) is 1. The Kier molecular flexibility index (Phi) is 8.46. The van der Waals surface area contributed by atoms with Crippen molar-refractivity contribution in [2.24, 2.45) is 57.7 Å². The second kappa shape index (κ2) is 11.3. The molecule has 5 rings (SSSR count). The van der Waals surface area contributed by atoms with Gasteiger partial charge in [0, 0.05) is 19.3 Å². The Labute approximate surface area is 247 Å². The maximum absolute atomic E-state index is 12.9. The molecule has 5 aliphatic rings. The zero-order valence-corrected chi connectivity index (χ0v) is 26.2. The van der Waals surface area contributed by atoms with Gasteiger partial charge >= 0.3 is 17.9 Å². The Morgan fingerprint density at radius 3 is 2.12 bits per heavy atom. The van der Waals surface area contributed by atoms with Crippen molar-refractivity contribution in [2.75, 3.05) is 6.61 Å². The van der Waals surface area contributed by atoms with Crippen LogP contribution >= 0.6 is 0 Å². The quantitative estimate of drug-likeness (QED) is 0.270. The summed E-state index contributed by atoms with van der Waals surface area (Å²) in [4.78, 5) is 37.2. The lowest BCUT2D eigenvalue weighted by Crippen LogP contribution is -2.57. The smallest absolute Gasteiger partial charge is 0.309 e. The third kappa shape index (κ3) is 5.07. The lowest BCUT2D eigenvalue weighted by Gasteiger charge is -2.61. The summed E-state index contributed by atoms with van der Waals surface area (Å²) in [6, 6.07) is 0. The van der Waals surface area contributed by atoms with Crippen LogP contribution in [0.1, 0.15) is 118 Å². The minimum Gasteiger partial charge on any atom is -0.481 e. The van der Waals surface area contributed by atoms with E-state index < -0.39 is 16.8 Å². The third-order valence-corrected chi connectivity index (χ3v) is 13.4. The van der Waals surface area contributed by atoms with E-state index in [1.165, 1.54) is 32.3 Å². The summed E-state index contributed by atoms with van der Waals surface area (Å²) < 4.78 is 11.8. The third-order valence-electron chi connectivity index (χ3n) is 13.4. The highest BCUT2D eigenvalue weighted by Crippen LogP contribution is 2.70. The molecule has 0 aromatic heterocycles. The summed E-state index contributed by atoms with van der Waals surface area (Å²) in [6.45, 7) is 14.5. The molecule has 6 nitrogen and oxygen atoms in total. The zero-order chi connectivity index (χ0) is 29.7. The van der Waals surface area contributed by atoms with Crippen molar-refractivity contribution < 1.29 is 29.0 Å². The minimum atomic E-state index is -0.589. The van der Waals surface area contributed by atoms with Crippen LogP contribution in [0.25, 0.3) is 0 Å². The highest BCUT2D eigenvalue weighted by Gasteiger charge is 2.66. The van der Waals surface area contributed by atoms with Gasteiger partial charge in [0.1, 0.15) is 12.7 Å². The van der Waals surface area contributed by atoms with Gasteiger partial charge in [0.05, 0.1) is 5.41 Å². The van der Waals surface area contributed by atoms with Gasteiger partial charge in [-0.05, 0) is 124 Å². The van der Waals surface area contributed by atoms with Crippen LogP contribution in [-0.4, -0.2) is 35.7 Å². The molecule has 0 aromatic rings. The number of allylic oxidation sites excluding steroid dienone is 1. The number of carbonyl (C=O) groups is 3. The fourth-order valence-electron chi connectivity index (χ4n) is 11.6. The van der Waals surface area contributed by atoms with Crippen molar-refractivity contribution in [2.45, 2.75) is 124 Å². The van der Waals surface area contributed by atoms with E-state index in [0.717, 1.165) is 70.6 Å². The van der Waals surface area contributed by atoms with Gasteiger partial charge in [-0.25, -0.2) is 0 Å². The van der Waals surface area contributed by atoms with Gasteiger partial charge in [0.2, 0.25) is 0 Å². The average molecular weight is 571 g/mol. The van der Waals surface area contributed by atoms with E-state index in [4.69, 9.17) is 9.47 Å². The van der Waals surface area contributed by atoms with Gasteiger partial charge in [0.15, 0.2) is 0 Å². The Hall–Kier alpha value is -1.85. The van der Waals surface area contributed by atoms with E-state index in [9.17, 15) is 19.5 Å². The topological polar surface area (TPSA) is 89.9 Å². The molecule has 0 radical (unpaired) electrons. The lowest BCUT2D eigenvalue weighted by atomic mass is 9.42. The molecule has 0 aliphatic heterocycles. The fraction of sp³-hybridized carbons (Fsp3) is 0.857. The summed E-state index contributed by atoms with van der Waals surface area (Å²) in [5.41, 5.74) is 0.289. The molecule has 0 heterocycles. The minimum absolute atomic E-state index is 0.128. The molecular weight excluding hydrogens is 516 g/mol. The number of hydrogen-bond acceptors (Lipinski definition) is 5. The molecule has 0 amide bonds. The Balaban J connectivity index is 1.51. The zero-order valence-electron chi connectivity index (χ0n) is 26.2. The molecular formula is C35H54O6. The number of fused-ring (bicyclic) bond motifs is 7. The Morgan fingerprint density at radius 2 is 1.46 bits per heavy atom. The molecule has 6 heteroatoms. The van der Waals surface area contributed by atoms with Crippen molar-refractivity contribution in [3.63, 3.8) is 0 Å². The van der Waals surface area contributed by atoms with Gasteiger partial charge in [-0.3, -0.25) is 14.4 Å². The highest BCUT2D eigenvalue weighted by atomic mass is 16.6. The van der Waals surface area contributed by atoms with Crippen LogP contribution in [0.2, 0.25) is 0 Å². The molecule has 5 fully saturated rings. The number of rotatable bonds is 5. The molecule has 5 aliphatic carbocycles. The van der Waals surface area contributed by atoms with E-state index in [-0.39, 0.29) is 29.4 Å². The monoisotopic (exact) mass is 570 g/mol. The molecule has 5 unspecified atom stereocenters. The number of carboxylic acids is 1. The summed E-state index contributed by atoms with van der Waals surface area (Å²) >= 11 is 0. The molecule has 5 saturated carbocycles. The van der Waals surface area contributed by atoms with Crippen LogP contribution in [-0.2, 0) is 23.9 Å². The maximum atomic E-state index is 12.9. The molecule has 0 saturated heterocycles. The first-order valence-corrected chi connectivity index (χ1v) is 16.5. The molecule has 0 spiro atoms. The molecule has 0 bridgehead atoms.